The fourth-order valence-corrected chi connectivity index (χ4v) is 2.13. The van der Waals surface area contributed by atoms with Crippen LogP contribution in [0.15, 0.2) is 36.4 Å². The van der Waals surface area contributed by atoms with Crippen LogP contribution in [0.3, 0.4) is 0 Å². The summed E-state index contributed by atoms with van der Waals surface area (Å²) in [5.41, 5.74) is 0.0233. The van der Waals surface area contributed by atoms with E-state index in [2.05, 4.69) is 5.32 Å². The smallest absolute Gasteiger partial charge is 0.262 e. The van der Waals surface area contributed by atoms with E-state index in [0.29, 0.717) is 10.8 Å². The molecule has 0 aliphatic carbocycles. The van der Waals surface area contributed by atoms with E-state index in [4.69, 9.17) is 39.5 Å². The van der Waals surface area contributed by atoms with Crippen LogP contribution in [0.25, 0.3) is 0 Å². The lowest BCUT2D eigenvalue weighted by molar-refractivity contribution is -0.118. The fraction of sp³-hybridized carbons (Fsp3) is 0.0714. The van der Waals surface area contributed by atoms with Gasteiger partial charge in [0, 0.05) is 10.0 Å². The van der Waals surface area contributed by atoms with Gasteiger partial charge in [0.1, 0.15) is 11.6 Å². The molecule has 0 bridgehead atoms. The van der Waals surface area contributed by atoms with E-state index in [0.717, 1.165) is 6.07 Å². The topological polar surface area (TPSA) is 38.3 Å². The molecular formula is C14H9Cl3FNO2. The van der Waals surface area contributed by atoms with Crippen LogP contribution in [-0.2, 0) is 4.79 Å². The van der Waals surface area contributed by atoms with E-state index in [-0.39, 0.29) is 22.3 Å². The van der Waals surface area contributed by atoms with E-state index in [9.17, 15) is 9.18 Å². The molecule has 0 aliphatic heterocycles. The average Bonchev–Trinajstić information content (AvgIpc) is 2.41. The lowest BCUT2D eigenvalue weighted by atomic mass is 10.3. The van der Waals surface area contributed by atoms with Gasteiger partial charge in [0.05, 0.1) is 10.7 Å². The molecule has 2 aromatic carbocycles. The van der Waals surface area contributed by atoms with Crippen molar-refractivity contribution in [1.82, 2.24) is 0 Å². The number of carbonyl (C=O) groups excluding carboxylic acids is 1. The molecule has 0 aliphatic rings. The minimum atomic E-state index is -0.625. The molecule has 0 saturated carbocycles. The molecule has 110 valence electrons. The minimum Gasteiger partial charge on any atom is -0.482 e. The number of hydrogen-bond acceptors (Lipinski definition) is 2. The van der Waals surface area contributed by atoms with E-state index >= 15 is 0 Å². The summed E-state index contributed by atoms with van der Waals surface area (Å²) in [4.78, 5) is 11.7. The maximum Gasteiger partial charge on any atom is 0.262 e. The predicted molar refractivity (Wildman–Crippen MR) is 82.0 cm³/mol. The van der Waals surface area contributed by atoms with Gasteiger partial charge in [-0.3, -0.25) is 4.79 Å². The highest BCUT2D eigenvalue weighted by atomic mass is 35.5. The molecule has 21 heavy (non-hydrogen) atoms. The van der Waals surface area contributed by atoms with Gasteiger partial charge in [0.15, 0.2) is 6.61 Å². The zero-order valence-electron chi connectivity index (χ0n) is 10.5. The maximum absolute atomic E-state index is 13.5. The summed E-state index contributed by atoms with van der Waals surface area (Å²) in [5.74, 6) is -0.838. The van der Waals surface area contributed by atoms with Crippen molar-refractivity contribution in [2.45, 2.75) is 0 Å². The van der Waals surface area contributed by atoms with Gasteiger partial charge in [0.2, 0.25) is 0 Å². The van der Waals surface area contributed by atoms with Crippen LogP contribution in [0.1, 0.15) is 0 Å². The van der Waals surface area contributed by atoms with Gasteiger partial charge >= 0.3 is 0 Å². The highest BCUT2D eigenvalue weighted by Crippen LogP contribution is 2.27. The monoisotopic (exact) mass is 347 g/mol. The molecule has 0 atom stereocenters. The molecule has 0 unspecified atom stereocenters. The summed E-state index contributed by atoms with van der Waals surface area (Å²) >= 11 is 17.3. The zero-order chi connectivity index (χ0) is 15.4. The van der Waals surface area contributed by atoms with Crippen LogP contribution in [0.4, 0.5) is 10.1 Å². The van der Waals surface area contributed by atoms with Gasteiger partial charge in [0.25, 0.3) is 5.91 Å². The molecule has 0 fully saturated rings. The first-order valence-electron chi connectivity index (χ1n) is 5.78. The second-order valence-electron chi connectivity index (χ2n) is 4.04. The van der Waals surface area contributed by atoms with E-state index < -0.39 is 11.7 Å². The van der Waals surface area contributed by atoms with Gasteiger partial charge in [-0.25, -0.2) is 4.39 Å². The Morgan fingerprint density at radius 3 is 2.43 bits per heavy atom. The Labute approximate surface area is 135 Å². The summed E-state index contributed by atoms with van der Waals surface area (Å²) in [5, 5.41) is 3.36. The number of anilines is 1. The van der Waals surface area contributed by atoms with Crippen molar-refractivity contribution < 1.29 is 13.9 Å². The van der Waals surface area contributed by atoms with Crippen molar-refractivity contribution in [2.75, 3.05) is 11.9 Å². The van der Waals surface area contributed by atoms with Crippen LogP contribution in [0.5, 0.6) is 5.75 Å². The summed E-state index contributed by atoms with van der Waals surface area (Å²) < 4.78 is 18.7. The van der Waals surface area contributed by atoms with E-state index in [1.807, 2.05) is 0 Å². The molecule has 7 heteroatoms. The van der Waals surface area contributed by atoms with E-state index in [1.54, 1.807) is 12.1 Å². The SMILES string of the molecule is O=C(COc1ccc(Cl)cc1Cl)Nc1ccc(Cl)cc1F. The molecule has 0 saturated heterocycles. The number of benzene rings is 2. The molecule has 0 heterocycles. The van der Waals surface area contributed by atoms with Gasteiger partial charge in [-0.2, -0.15) is 0 Å². The van der Waals surface area contributed by atoms with Gasteiger partial charge in [-0.15, -0.1) is 0 Å². The third-order valence-corrected chi connectivity index (χ3v) is 3.22. The van der Waals surface area contributed by atoms with Crippen molar-refractivity contribution in [3.8, 4) is 5.75 Å². The van der Waals surface area contributed by atoms with Crippen molar-refractivity contribution >= 4 is 46.4 Å². The fourth-order valence-electron chi connectivity index (χ4n) is 1.51. The summed E-state index contributed by atoms with van der Waals surface area (Å²) in [6, 6.07) is 8.56. The van der Waals surface area contributed by atoms with E-state index in [1.165, 1.54) is 18.2 Å². The number of rotatable bonds is 4. The first kappa shape index (κ1) is 15.9. The summed E-state index contributed by atoms with van der Waals surface area (Å²) in [7, 11) is 0. The molecule has 0 radical (unpaired) electrons. The Morgan fingerprint density at radius 2 is 1.76 bits per heavy atom. The van der Waals surface area contributed by atoms with Crippen molar-refractivity contribution in [2.24, 2.45) is 0 Å². The Morgan fingerprint density at radius 1 is 1.10 bits per heavy atom. The second kappa shape index (κ2) is 6.98. The Balaban J connectivity index is 1.96. The summed E-state index contributed by atoms with van der Waals surface area (Å²) in [6.07, 6.45) is 0. The van der Waals surface area contributed by atoms with Crippen LogP contribution >= 0.6 is 34.8 Å². The predicted octanol–water partition coefficient (Wildman–Crippen LogP) is 4.80. The molecule has 0 spiro atoms. The number of carbonyl (C=O) groups is 1. The molecule has 1 N–H and O–H groups in total. The standard InChI is InChI=1S/C14H9Cl3FNO2/c15-8-2-4-13(10(17)5-8)21-7-14(20)19-12-3-1-9(16)6-11(12)18/h1-6H,7H2,(H,19,20). The quantitative estimate of drug-likeness (QED) is 0.861. The highest BCUT2D eigenvalue weighted by molar-refractivity contribution is 6.35. The lowest BCUT2D eigenvalue weighted by Crippen LogP contribution is -2.20. The number of hydrogen-bond donors (Lipinski definition) is 1. The van der Waals surface area contributed by atoms with Gasteiger partial charge < -0.3 is 10.1 Å². The highest BCUT2D eigenvalue weighted by Gasteiger charge is 2.09. The Bertz CT molecular complexity index is 679. The normalized spacial score (nSPS) is 10.3. The van der Waals surface area contributed by atoms with Crippen LogP contribution in [0.2, 0.25) is 15.1 Å². The first-order valence-corrected chi connectivity index (χ1v) is 6.92. The zero-order valence-corrected chi connectivity index (χ0v) is 12.8. The molecule has 1 amide bonds. The molecule has 0 aromatic heterocycles. The second-order valence-corrected chi connectivity index (χ2v) is 5.32. The Hall–Kier alpha value is -1.49. The average molecular weight is 349 g/mol. The minimum absolute atomic E-state index is 0.0233. The number of ether oxygens (including phenoxy) is 1. The van der Waals surface area contributed by atoms with Crippen molar-refractivity contribution in [3.63, 3.8) is 0 Å². The van der Waals surface area contributed by atoms with Crippen molar-refractivity contribution in [1.29, 1.82) is 0 Å². The lowest BCUT2D eigenvalue weighted by Gasteiger charge is -2.09. The number of amides is 1. The number of nitrogens with one attached hydrogen (secondary N) is 1. The third kappa shape index (κ3) is 4.49. The summed E-state index contributed by atoms with van der Waals surface area (Å²) in [6.45, 7) is -0.316. The molecule has 2 rings (SSSR count). The third-order valence-electron chi connectivity index (χ3n) is 2.46. The van der Waals surface area contributed by atoms with Crippen LogP contribution < -0.4 is 10.1 Å². The van der Waals surface area contributed by atoms with Crippen LogP contribution in [-0.4, -0.2) is 12.5 Å². The first-order chi connectivity index (χ1) is 9.95. The molecular weight excluding hydrogens is 340 g/mol. The van der Waals surface area contributed by atoms with Gasteiger partial charge in [-0.1, -0.05) is 34.8 Å². The molecule has 3 nitrogen and oxygen atoms in total. The van der Waals surface area contributed by atoms with Crippen LogP contribution in [0, 0.1) is 5.82 Å². The van der Waals surface area contributed by atoms with Crippen molar-refractivity contribution in [3.05, 3.63) is 57.3 Å². The Kier molecular flexibility index (Phi) is 5.28. The largest absolute Gasteiger partial charge is 0.482 e. The maximum atomic E-state index is 13.5. The molecule has 2 aromatic rings. The van der Waals surface area contributed by atoms with Gasteiger partial charge in [-0.05, 0) is 36.4 Å². The number of halogens is 4.